The van der Waals surface area contributed by atoms with E-state index in [1.54, 1.807) is 38.1 Å². The molecule has 0 unspecified atom stereocenters. The topological polar surface area (TPSA) is 90.1 Å². The highest BCUT2D eigenvalue weighted by molar-refractivity contribution is 9.10. The van der Waals surface area contributed by atoms with Gasteiger partial charge in [0.15, 0.2) is 4.80 Å². The predicted octanol–water partition coefficient (Wildman–Crippen LogP) is 3.67. The predicted molar refractivity (Wildman–Crippen MR) is 134 cm³/mol. The van der Waals surface area contributed by atoms with Crippen molar-refractivity contribution in [2.24, 2.45) is 4.99 Å². The second-order valence-corrected chi connectivity index (χ2v) is 9.40. The normalized spacial score (nSPS) is 15.6. The van der Waals surface area contributed by atoms with Crippen molar-refractivity contribution in [3.8, 4) is 11.5 Å². The number of carbonyl (C=O) groups is 1. The number of hydrogen-bond acceptors (Lipinski definition) is 7. The van der Waals surface area contributed by atoms with Crippen LogP contribution in [-0.4, -0.2) is 28.9 Å². The number of carbonyl (C=O) groups excluding carboxylic acids is 1. The van der Waals surface area contributed by atoms with Gasteiger partial charge in [0.05, 0.1) is 29.0 Å². The second-order valence-electron chi connectivity index (χ2n) is 7.48. The first-order valence-electron chi connectivity index (χ1n) is 10.8. The quantitative estimate of drug-likeness (QED) is 0.480. The van der Waals surface area contributed by atoms with Crippen molar-refractivity contribution in [1.29, 1.82) is 0 Å². The number of hydrogen-bond donors (Lipinski definition) is 1. The molecule has 1 aliphatic rings. The number of thiazole rings is 1. The number of ether oxygens (including phenoxy) is 2. The average Bonchev–Trinajstić information content (AvgIpc) is 3.10. The Labute approximate surface area is 208 Å². The van der Waals surface area contributed by atoms with Gasteiger partial charge in [-0.3, -0.25) is 9.36 Å². The summed E-state index contributed by atoms with van der Waals surface area (Å²) in [6.45, 7) is 5.97. The fourth-order valence-corrected chi connectivity index (χ4v) is 5.28. The molecule has 3 aromatic rings. The lowest BCUT2D eigenvalue weighted by atomic mass is 9.95. The van der Waals surface area contributed by atoms with Crippen LogP contribution in [0.3, 0.4) is 0 Å². The minimum Gasteiger partial charge on any atom is -0.507 e. The van der Waals surface area contributed by atoms with E-state index in [4.69, 9.17) is 9.47 Å². The van der Waals surface area contributed by atoms with Gasteiger partial charge in [-0.2, -0.15) is 0 Å². The number of aromatic hydroxyl groups is 1. The Morgan fingerprint density at radius 3 is 2.74 bits per heavy atom. The van der Waals surface area contributed by atoms with Gasteiger partial charge in [0, 0.05) is 15.6 Å². The molecule has 0 spiro atoms. The molecule has 7 nitrogen and oxygen atoms in total. The largest absolute Gasteiger partial charge is 0.507 e. The van der Waals surface area contributed by atoms with Crippen molar-refractivity contribution >= 4 is 39.3 Å². The fraction of sp³-hybridized carbons (Fsp3) is 0.240. The van der Waals surface area contributed by atoms with E-state index >= 15 is 0 Å². The Morgan fingerprint density at radius 2 is 2.00 bits per heavy atom. The summed E-state index contributed by atoms with van der Waals surface area (Å²) in [5, 5.41) is 10.3. The molecule has 1 N–H and O–H groups in total. The van der Waals surface area contributed by atoms with Gasteiger partial charge in [0.2, 0.25) is 0 Å². The number of halogens is 1. The van der Waals surface area contributed by atoms with Crippen LogP contribution in [0, 0.1) is 0 Å². The Kier molecular flexibility index (Phi) is 7.04. The lowest BCUT2D eigenvalue weighted by Gasteiger charge is -2.26. The van der Waals surface area contributed by atoms with E-state index in [0.717, 1.165) is 4.47 Å². The van der Waals surface area contributed by atoms with Crippen LogP contribution in [0.5, 0.6) is 11.5 Å². The van der Waals surface area contributed by atoms with Gasteiger partial charge in [-0.15, -0.1) is 0 Å². The standard InChI is InChI=1S/C25H23BrN2O5S/c1-4-32-19-9-7-6-8-17(19)22-21(24(31)33-5-2)14(3)27-25-28(22)23(30)20(34-25)13-15-12-16(26)10-11-18(15)29/h6-13,22,29H,4-5H2,1-3H3/b20-13-/t22-/m0/s1. The molecule has 1 aromatic heterocycles. The van der Waals surface area contributed by atoms with Crippen LogP contribution in [0.2, 0.25) is 0 Å². The molecular weight excluding hydrogens is 520 g/mol. The van der Waals surface area contributed by atoms with Crippen molar-refractivity contribution in [3.63, 3.8) is 0 Å². The maximum atomic E-state index is 13.7. The number of phenols is 1. The first-order chi connectivity index (χ1) is 16.3. The highest BCUT2D eigenvalue weighted by atomic mass is 79.9. The number of benzene rings is 2. The van der Waals surface area contributed by atoms with Crippen LogP contribution >= 0.6 is 27.3 Å². The van der Waals surface area contributed by atoms with E-state index in [1.807, 2.05) is 31.2 Å². The SMILES string of the molecule is CCOC(=O)C1=C(C)N=c2s/c(=C\c3cc(Br)ccc3O)c(=O)n2[C@H]1c1ccccc1OCC. The Hall–Kier alpha value is -3.17. The summed E-state index contributed by atoms with van der Waals surface area (Å²) in [4.78, 5) is 31.7. The molecule has 176 valence electrons. The summed E-state index contributed by atoms with van der Waals surface area (Å²) in [7, 11) is 0. The van der Waals surface area contributed by atoms with Crippen LogP contribution in [0.1, 0.15) is 37.9 Å². The molecule has 2 heterocycles. The minimum absolute atomic E-state index is 0.0515. The summed E-state index contributed by atoms with van der Waals surface area (Å²) in [6.07, 6.45) is 1.62. The molecule has 0 amide bonds. The number of aromatic nitrogens is 1. The number of rotatable bonds is 6. The van der Waals surface area contributed by atoms with E-state index < -0.39 is 12.0 Å². The van der Waals surface area contributed by atoms with Crippen molar-refractivity contribution in [3.05, 3.63) is 89.0 Å². The molecule has 0 saturated heterocycles. The molecule has 34 heavy (non-hydrogen) atoms. The number of fused-ring (bicyclic) bond motifs is 1. The zero-order chi connectivity index (χ0) is 24.4. The van der Waals surface area contributed by atoms with Crippen LogP contribution in [0.25, 0.3) is 6.08 Å². The molecule has 0 bridgehead atoms. The Balaban J connectivity index is 2.00. The minimum atomic E-state index is -0.767. The lowest BCUT2D eigenvalue weighted by molar-refractivity contribution is -0.139. The third-order valence-corrected chi connectivity index (χ3v) is 6.78. The summed E-state index contributed by atoms with van der Waals surface area (Å²) in [5.41, 5.74) is 1.60. The number of phenolic OH excluding ortho intramolecular Hbond substituents is 1. The zero-order valence-electron chi connectivity index (χ0n) is 18.9. The fourth-order valence-electron chi connectivity index (χ4n) is 3.86. The molecule has 0 radical (unpaired) electrons. The molecule has 0 saturated carbocycles. The number of esters is 1. The van der Waals surface area contributed by atoms with Gasteiger partial charge in [-0.25, -0.2) is 9.79 Å². The van der Waals surface area contributed by atoms with Crippen molar-refractivity contribution in [1.82, 2.24) is 4.57 Å². The first kappa shape index (κ1) is 24.0. The molecule has 4 rings (SSSR count). The number of para-hydroxylation sites is 1. The van der Waals surface area contributed by atoms with E-state index in [-0.39, 0.29) is 17.9 Å². The van der Waals surface area contributed by atoms with Gasteiger partial charge >= 0.3 is 5.97 Å². The van der Waals surface area contributed by atoms with Crippen LogP contribution < -0.4 is 19.6 Å². The summed E-state index contributed by atoms with van der Waals surface area (Å²) >= 11 is 4.59. The summed E-state index contributed by atoms with van der Waals surface area (Å²) in [5.74, 6) is 0.0975. The van der Waals surface area contributed by atoms with E-state index in [0.29, 0.717) is 44.1 Å². The van der Waals surface area contributed by atoms with Gasteiger partial charge in [0.25, 0.3) is 5.56 Å². The average molecular weight is 543 g/mol. The number of nitrogens with zero attached hydrogens (tertiary/aromatic N) is 2. The van der Waals surface area contributed by atoms with E-state index in [1.165, 1.54) is 15.9 Å². The number of allylic oxidation sites excluding steroid dienone is 1. The van der Waals surface area contributed by atoms with E-state index in [2.05, 4.69) is 20.9 Å². The van der Waals surface area contributed by atoms with E-state index in [9.17, 15) is 14.7 Å². The Morgan fingerprint density at radius 1 is 1.24 bits per heavy atom. The van der Waals surface area contributed by atoms with Gasteiger partial charge in [0.1, 0.15) is 17.5 Å². The van der Waals surface area contributed by atoms with Crippen LogP contribution in [0.15, 0.2) is 68.0 Å². The second kappa shape index (κ2) is 9.99. The molecule has 1 atom stereocenters. The molecular formula is C25H23BrN2O5S. The molecule has 0 fully saturated rings. The first-order valence-corrected chi connectivity index (χ1v) is 12.4. The van der Waals surface area contributed by atoms with Crippen molar-refractivity contribution < 1.29 is 19.4 Å². The molecule has 2 aromatic carbocycles. The van der Waals surface area contributed by atoms with Gasteiger partial charge < -0.3 is 14.6 Å². The van der Waals surface area contributed by atoms with Crippen molar-refractivity contribution in [2.45, 2.75) is 26.8 Å². The molecule has 9 heteroatoms. The van der Waals surface area contributed by atoms with Crippen LogP contribution in [-0.2, 0) is 9.53 Å². The summed E-state index contributed by atoms with van der Waals surface area (Å²) < 4.78 is 13.8. The maximum absolute atomic E-state index is 13.7. The third-order valence-electron chi connectivity index (χ3n) is 5.31. The zero-order valence-corrected chi connectivity index (χ0v) is 21.3. The highest BCUT2D eigenvalue weighted by Crippen LogP contribution is 2.35. The maximum Gasteiger partial charge on any atom is 0.338 e. The Bertz CT molecular complexity index is 1470. The summed E-state index contributed by atoms with van der Waals surface area (Å²) in [6, 6.07) is 11.6. The van der Waals surface area contributed by atoms with Crippen LogP contribution in [0.4, 0.5) is 0 Å². The van der Waals surface area contributed by atoms with Gasteiger partial charge in [-0.05, 0) is 51.1 Å². The highest BCUT2D eigenvalue weighted by Gasteiger charge is 2.35. The molecule has 0 aliphatic carbocycles. The van der Waals surface area contributed by atoms with Crippen molar-refractivity contribution in [2.75, 3.05) is 13.2 Å². The lowest BCUT2D eigenvalue weighted by Crippen LogP contribution is -2.40. The third kappa shape index (κ3) is 4.45. The monoisotopic (exact) mass is 542 g/mol. The van der Waals surface area contributed by atoms with Gasteiger partial charge in [-0.1, -0.05) is 45.5 Å². The molecule has 1 aliphatic heterocycles. The smallest absolute Gasteiger partial charge is 0.338 e.